The zero-order chi connectivity index (χ0) is 46.2. The van der Waals surface area contributed by atoms with Gasteiger partial charge in [0.15, 0.2) is 18.9 Å². The van der Waals surface area contributed by atoms with Crippen molar-refractivity contribution in [3.63, 3.8) is 0 Å². The van der Waals surface area contributed by atoms with E-state index < -0.39 is 118 Å². The van der Waals surface area contributed by atoms with E-state index in [9.17, 15) is 61.0 Å². The minimum Gasteiger partial charge on any atom is -0.494 e. The lowest BCUT2D eigenvalue weighted by Gasteiger charge is -2.60. The molecule has 0 bridgehead atoms. The molecule has 0 amide bonds. The molecular formula is C45H72O19. The summed E-state index contributed by atoms with van der Waals surface area (Å²) in [5.41, 5.74) is 0.939. The molecule has 8 rings (SSSR count). The van der Waals surface area contributed by atoms with E-state index in [0.717, 1.165) is 31.4 Å². The molecule has 3 saturated heterocycles. The van der Waals surface area contributed by atoms with Crippen LogP contribution >= 0.6 is 0 Å². The molecule has 8 aliphatic rings. The molecule has 0 unspecified atom stereocenters. The maximum atomic E-state index is 14.4. The number of aliphatic hydroxyl groups excluding tert-OH is 11. The molecule has 0 aromatic heterocycles. The lowest BCUT2D eigenvalue weighted by molar-refractivity contribution is -0.373. The van der Waals surface area contributed by atoms with Gasteiger partial charge in [0.1, 0.15) is 85.1 Å². The third kappa shape index (κ3) is 8.54. The first kappa shape index (κ1) is 49.0. The van der Waals surface area contributed by atoms with Gasteiger partial charge in [-0.05, 0) is 91.9 Å². The van der Waals surface area contributed by atoms with Crippen LogP contribution in [-0.4, -0.2) is 193 Å². The Morgan fingerprint density at radius 3 is 1.91 bits per heavy atom. The summed E-state index contributed by atoms with van der Waals surface area (Å²) in [7, 11) is 0. The Morgan fingerprint density at radius 1 is 0.688 bits per heavy atom. The van der Waals surface area contributed by atoms with Gasteiger partial charge in [-0.25, -0.2) is 0 Å². The second-order valence-corrected chi connectivity index (χ2v) is 20.8. The fraction of sp³-hybridized carbons (Fsp3) is 0.933. The smallest absolute Gasteiger partial charge is 0.187 e. The highest BCUT2D eigenvalue weighted by atomic mass is 16.8. The van der Waals surface area contributed by atoms with Crippen molar-refractivity contribution in [2.75, 3.05) is 26.4 Å². The van der Waals surface area contributed by atoms with Gasteiger partial charge in [-0.2, -0.15) is 0 Å². The molecule has 4 heterocycles. The molecule has 0 radical (unpaired) electrons. The number of aliphatic hydroxyl groups is 11. The lowest BCUT2D eigenvalue weighted by atomic mass is 9.44. The van der Waals surface area contributed by atoms with Crippen LogP contribution in [0, 0.1) is 46.3 Å². The van der Waals surface area contributed by atoms with Crippen molar-refractivity contribution >= 4 is 5.78 Å². The van der Waals surface area contributed by atoms with E-state index in [1.165, 1.54) is 5.57 Å². The van der Waals surface area contributed by atoms with Crippen molar-refractivity contribution in [3.8, 4) is 0 Å². The summed E-state index contributed by atoms with van der Waals surface area (Å²) in [6.45, 7) is 7.19. The van der Waals surface area contributed by atoms with E-state index in [1.807, 2.05) is 6.92 Å². The van der Waals surface area contributed by atoms with E-state index in [1.54, 1.807) is 0 Å². The molecular weight excluding hydrogens is 844 g/mol. The first-order valence-corrected chi connectivity index (χ1v) is 23.4. The molecule has 7 fully saturated rings. The quantitative estimate of drug-likeness (QED) is 0.0923. The van der Waals surface area contributed by atoms with Crippen molar-refractivity contribution in [1.29, 1.82) is 0 Å². The highest BCUT2D eigenvalue weighted by molar-refractivity contribution is 5.83. The van der Waals surface area contributed by atoms with Gasteiger partial charge >= 0.3 is 0 Å². The molecule has 0 aromatic rings. The summed E-state index contributed by atoms with van der Waals surface area (Å²) in [6.07, 6.45) is -16.2. The molecule has 4 saturated carbocycles. The van der Waals surface area contributed by atoms with E-state index in [0.29, 0.717) is 43.9 Å². The molecule has 64 heavy (non-hydrogen) atoms. The zero-order valence-electron chi connectivity index (χ0n) is 37.2. The monoisotopic (exact) mass is 916 g/mol. The minimum absolute atomic E-state index is 0.0273. The van der Waals surface area contributed by atoms with Crippen molar-refractivity contribution in [2.24, 2.45) is 46.3 Å². The van der Waals surface area contributed by atoms with Gasteiger partial charge in [-0.3, -0.25) is 4.79 Å². The first-order chi connectivity index (χ1) is 30.4. The summed E-state index contributed by atoms with van der Waals surface area (Å²) < 4.78 is 41.9. The molecule has 0 aromatic carbocycles. The Balaban J connectivity index is 0.890. The van der Waals surface area contributed by atoms with Crippen LogP contribution in [0.3, 0.4) is 0 Å². The average Bonchev–Trinajstić information content (AvgIpc) is 3.76. The fourth-order valence-corrected chi connectivity index (χ4v) is 13.5. The molecule has 19 heteroatoms. The molecule has 25 atom stereocenters. The fourth-order valence-electron chi connectivity index (χ4n) is 13.5. The van der Waals surface area contributed by atoms with Crippen LogP contribution in [0.1, 0.15) is 85.5 Å². The second kappa shape index (κ2) is 19.1. The summed E-state index contributed by atoms with van der Waals surface area (Å²) in [4.78, 5) is 14.4. The van der Waals surface area contributed by atoms with E-state index in [-0.39, 0.29) is 53.0 Å². The highest BCUT2D eigenvalue weighted by Crippen LogP contribution is 2.69. The van der Waals surface area contributed by atoms with Crippen LogP contribution in [-0.2, 0) is 38.0 Å². The van der Waals surface area contributed by atoms with Gasteiger partial charge in [0.25, 0.3) is 0 Å². The van der Waals surface area contributed by atoms with Gasteiger partial charge in [-0.1, -0.05) is 20.8 Å². The average molecular weight is 917 g/mol. The van der Waals surface area contributed by atoms with E-state index in [2.05, 4.69) is 20.8 Å². The first-order valence-electron chi connectivity index (χ1n) is 23.4. The van der Waals surface area contributed by atoms with E-state index >= 15 is 0 Å². The molecule has 0 spiro atoms. The molecule has 19 nitrogen and oxygen atoms in total. The van der Waals surface area contributed by atoms with Crippen molar-refractivity contribution < 1.29 is 94.1 Å². The van der Waals surface area contributed by atoms with Gasteiger partial charge in [0.05, 0.1) is 38.3 Å². The maximum Gasteiger partial charge on any atom is 0.187 e. The number of ketones is 1. The Hall–Kier alpha value is -1.47. The summed E-state index contributed by atoms with van der Waals surface area (Å²) in [6, 6.07) is 0. The number of allylic oxidation sites excluding steroid dienone is 1. The summed E-state index contributed by atoms with van der Waals surface area (Å²) >= 11 is 0. The van der Waals surface area contributed by atoms with Crippen molar-refractivity contribution in [2.45, 2.75) is 190 Å². The normalized spacial score (nSPS) is 52.1. The van der Waals surface area contributed by atoms with Crippen LogP contribution in [0.5, 0.6) is 0 Å². The Morgan fingerprint density at radius 2 is 1.27 bits per heavy atom. The van der Waals surface area contributed by atoms with Crippen molar-refractivity contribution in [3.05, 3.63) is 11.3 Å². The highest BCUT2D eigenvalue weighted by Gasteiger charge is 2.66. The number of ether oxygens (including phenoxy) is 7. The standard InChI is InChI=1S/C45H72O19/c1-18(17-58-41-38(56)35(53)32(50)28(14-46)61-41)5-6-26-19(2)31-27(60-26)13-23-21-12-25(49)24-11-20(7-9-44(24,3)22(21)8-10-45(23,31)4)59-43-40(37(55)34(52)30(16-48)63-43)64-42-39(57)36(54)33(51)29(15-47)62-42/h18,20-24,27-43,46-48,50-57H,5-17H2,1-4H3/t18-,20+,21+,22+,23-,24-,27-,28+,29+,30+,31-,32+,33+,34+,35-,36-,37-,38+,39+,40+,41+,42-,43+,44+,45+/m1/s1. The number of carbonyl (C=O) groups excluding carboxylic acids is 1. The Labute approximate surface area is 373 Å². The largest absolute Gasteiger partial charge is 0.494 e. The Bertz CT molecular complexity index is 1660. The molecule has 366 valence electrons. The Kier molecular flexibility index (Phi) is 14.6. The molecule has 11 N–H and O–H groups in total. The third-order valence-corrected chi connectivity index (χ3v) is 17.2. The van der Waals surface area contributed by atoms with Gasteiger partial charge in [0.2, 0.25) is 0 Å². The number of hydrogen-bond donors (Lipinski definition) is 11. The third-order valence-electron chi connectivity index (χ3n) is 17.2. The van der Waals surface area contributed by atoms with Crippen LogP contribution < -0.4 is 0 Å². The predicted octanol–water partition coefficient (Wildman–Crippen LogP) is -1.65. The van der Waals surface area contributed by atoms with Crippen molar-refractivity contribution in [1.82, 2.24) is 0 Å². The molecule has 4 aliphatic carbocycles. The van der Waals surface area contributed by atoms with Crippen LogP contribution in [0.15, 0.2) is 11.3 Å². The van der Waals surface area contributed by atoms with E-state index in [4.69, 9.17) is 33.2 Å². The number of carbonyl (C=O) groups is 1. The SMILES string of the molecule is CC1=C(CC[C@@H](C)CO[C@H]2O[C@@H](CO)[C@H](O)[C@@H](O)[C@@H]2O)O[C@@H]2C[C@@H]3[C@H]4CC(=O)[C@H]5C[C@@H](O[C@H]6O[C@@H](CO)[C@H](O)[C@@H](O)[C@@H]6O[C@H]6O[C@@H](CO)[C@H](O)[C@@H](O)[C@@H]6O)CC[C@@]5(C)[C@H]4CC[C@]3(C)[C@H]12. The summed E-state index contributed by atoms with van der Waals surface area (Å²) in [5, 5.41) is 113. The number of Topliss-reactive ketones (excluding diaryl/α,β-unsaturated/α-hetero) is 1. The number of hydrogen-bond acceptors (Lipinski definition) is 19. The second-order valence-electron chi connectivity index (χ2n) is 20.8. The number of rotatable bonds is 13. The molecule has 4 aliphatic heterocycles. The predicted molar refractivity (Wildman–Crippen MR) is 218 cm³/mol. The zero-order valence-corrected chi connectivity index (χ0v) is 37.2. The van der Waals surface area contributed by atoms with Crippen LogP contribution in [0.2, 0.25) is 0 Å². The summed E-state index contributed by atoms with van der Waals surface area (Å²) in [5.74, 6) is 2.00. The van der Waals surface area contributed by atoms with Gasteiger partial charge in [0, 0.05) is 24.7 Å². The lowest BCUT2D eigenvalue weighted by Crippen LogP contribution is -2.65. The van der Waals surface area contributed by atoms with Crippen LogP contribution in [0.25, 0.3) is 0 Å². The minimum atomic E-state index is -1.79. The van der Waals surface area contributed by atoms with Gasteiger partial charge < -0.3 is 89.3 Å². The number of fused-ring (bicyclic) bond motifs is 7. The van der Waals surface area contributed by atoms with Gasteiger partial charge in [-0.15, -0.1) is 0 Å². The maximum absolute atomic E-state index is 14.4. The van der Waals surface area contributed by atoms with Crippen LogP contribution in [0.4, 0.5) is 0 Å². The topological polar surface area (TPSA) is 304 Å².